The number of aryl methyl sites for hydroxylation is 2. The summed E-state index contributed by atoms with van der Waals surface area (Å²) in [6.45, 7) is 4.64. The van der Waals surface area contributed by atoms with Crippen molar-refractivity contribution in [2.24, 2.45) is 0 Å². The Labute approximate surface area is 228 Å². The summed E-state index contributed by atoms with van der Waals surface area (Å²) in [5.41, 5.74) is 2.49. The molecular weight excluding hydrogens is 533 g/mol. The second kappa shape index (κ2) is 12.0. The molecule has 10 heteroatoms. The summed E-state index contributed by atoms with van der Waals surface area (Å²) in [4.78, 5) is 27.7. The van der Waals surface area contributed by atoms with Crippen LogP contribution in [-0.2, 0) is 26.2 Å². The zero-order valence-electron chi connectivity index (χ0n) is 21.0. The molecule has 0 saturated heterocycles. The Hall–Kier alpha value is -3.07. The maximum atomic E-state index is 13.8. The van der Waals surface area contributed by atoms with Crippen LogP contribution in [0.15, 0.2) is 71.6 Å². The van der Waals surface area contributed by atoms with E-state index in [1.165, 1.54) is 24.1 Å². The van der Waals surface area contributed by atoms with Crippen molar-refractivity contribution in [2.45, 2.75) is 38.3 Å². The van der Waals surface area contributed by atoms with Crippen LogP contribution in [0.2, 0.25) is 10.0 Å². The van der Waals surface area contributed by atoms with Gasteiger partial charge in [-0.1, -0.05) is 53.5 Å². The fourth-order valence-corrected chi connectivity index (χ4v) is 5.92. The van der Waals surface area contributed by atoms with Crippen molar-refractivity contribution in [1.29, 1.82) is 0 Å². The van der Waals surface area contributed by atoms with E-state index in [1.54, 1.807) is 55.5 Å². The lowest BCUT2D eigenvalue weighted by molar-refractivity contribution is -0.139. The number of benzene rings is 3. The van der Waals surface area contributed by atoms with Crippen LogP contribution in [0.1, 0.15) is 23.6 Å². The third kappa shape index (κ3) is 6.63. The molecule has 0 aromatic heterocycles. The zero-order chi connectivity index (χ0) is 27.3. The molecule has 0 aliphatic carbocycles. The lowest BCUT2D eigenvalue weighted by atomic mass is 10.1. The van der Waals surface area contributed by atoms with Crippen molar-refractivity contribution in [2.75, 3.05) is 17.9 Å². The number of amides is 2. The van der Waals surface area contributed by atoms with E-state index in [1.807, 2.05) is 19.9 Å². The van der Waals surface area contributed by atoms with Crippen molar-refractivity contribution in [1.82, 2.24) is 10.2 Å². The maximum absolute atomic E-state index is 13.8. The van der Waals surface area contributed by atoms with Gasteiger partial charge in [-0.05, 0) is 68.3 Å². The van der Waals surface area contributed by atoms with Gasteiger partial charge in [0.15, 0.2) is 0 Å². The average Bonchev–Trinajstić information content (AvgIpc) is 2.86. The van der Waals surface area contributed by atoms with E-state index in [-0.39, 0.29) is 11.4 Å². The molecule has 0 radical (unpaired) electrons. The molecule has 0 aliphatic heterocycles. The predicted molar refractivity (Wildman–Crippen MR) is 147 cm³/mol. The molecule has 0 unspecified atom stereocenters. The first-order valence-electron chi connectivity index (χ1n) is 11.6. The molecule has 2 amide bonds. The van der Waals surface area contributed by atoms with Crippen LogP contribution < -0.4 is 9.62 Å². The average molecular weight is 563 g/mol. The Morgan fingerprint density at radius 1 is 0.919 bits per heavy atom. The summed E-state index contributed by atoms with van der Waals surface area (Å²) in [5.74, 6) is -1.01. The number of nitrogens with one attached hydrogen (secondary N) is 1. The number of sulfonamides is 1. The molecule has 0 aliphatic rings. The van der Waals surface area contributed by atoms with E-state index in [0.29, 0.717) is 21.3 Å². The first kappa shape index (κ1) is 28.5. The molecule has 196 valence electrons. The van der Waals surface area contributed by atoms with Crippen LogP contribution in [0, 0.1) is 13.8 Å². The van der Waals surface area contributed by atoms with Gasteiger partial charge in [0.05, 0.1) is 10.6 Å². The summed E-state index contributed by atoms with van der Waals surface area (Å²) in [6.07, 6.45) is 0. The standard InChI is InChI=1S/C27H29Cl2N3O4S/c1-18-13-19(2)15-21(14-18)32(37(35,36)22-9-6-5-7-10-22)17-26(33)31(20(3)27(34)30-4)16-23-24(28)11-8-12-25(23)29/h5-15,20H,16-17H2,1-4H3,(H,30,34)/t20-/m0/s1. The van der Waals surface area contributed by atoms with Crippen molar-refractivity contribution in [3.8, 4) is 0 Å². The van der Waals surface area contributed by atoms with Gasteiger partial charge in [-0.3, -0.25) is 13.9 Å². The lowest BCUT2D eigenvalue weighted by Crippen LogP contribution is -2.50. The minimum absolute atomic E-state index is 0.0435. The Balaban J connectivity index is 2.09. The van der Waals surface area contributed by atoms with E-state index in [0.717, 1.165) is 15.4 Å². The van der Waals surface area contributed by atoms with E-state index in [9.17, 15) is 18.0 Å². The Kier molecular flexibility index (Phi) is 9.23. The van der Waals surface area contributed by atoms with Gasteiger partial charge in [-0.2, -0.15) is 0 Å². The molecule has 37 heavy (non-hydrogen) atoms. The highest BCUT2D eigenvalue weighted by atomic mass is 35.5. The summed E-state index contributed by atoms with van der Waals surface area (Å²) in [5, 5.41) is 3.20. The molecule has 1 atom stereocenters. The topological polar surface area (TPSA) is 86.8 Å². The van der Waals surface area contributed by atoms with E-state index in [4.69, 9.17) is 23.2 Å². The van der Waals surface area contributed by atoms with Crippen molar-refractivity contribution in [3.05, 3.63) is 93.5 Å². The van der Waals surface area contributed by atoms with Crippen LogP contribution in [-0.4, -0.2) is 44.8 Å². The Bertz CT molecular complexity index is 1360. The number of likely N-dealkylation sites (N-methyl/N-ethyl adjacent to an activating group) is 1. The molecule has 1 N–H and O–H groups in total. The molecule has 3 aromatic carbocycles. The van der Waals surface area contributed by atoms with Crippen LogP contribution in [0.3, 0.4) is 0 Å². The largest absolute Gasteiger partial charge is 0.357 e. The van der Waals surface area contributed by atoms with Gasteiger partial charge in [0, 0.05) is 29.2 Å². The molecule has 0 bridgehead atoms. The SMILES string of the molecule is CNC(=O)[C@H](C)N(Cc1c(Cl)cccc1Cl)C(=O)CN(c1cc(C)cc(C)c1)S(=O)(=O)c1ccccc1. The highest BCUT2D eigenvalue weighted by molar-refractivity contribution is 7.92. The van der Waals surface area contributed by atoms with Gasteiger partial charge >= 0.3 is 0 Å². The second-order valence-electron chi connectivity index (χ2n) is 8.68. The first-order chi connectivity index (χ1) is 17.4. The predicted octanol–water partition coefficient (Wildman–Crippen LogP) is 4.97. The molecule has 0 spiro atoms. The van der Waals surface area contributed by atoms with Crippen LogP contribution in [0.5, 0.6) is 0 Å². The molecule has 0 saturated carbocycles. The second-order valence-corrected chi connectivity index (χ2v) is 11.4. The number of hydrogen-bond donors (Lipinski definition) is 1. The number of carbonyl (C=O) groups is 2. The first-order valence-corrected chi connectivity index (χ1v) is 13.7. The van der Waals surface area contributed by atoms with E-state index < -0.39 is 34.4 Å². The van der Waals surface area contributed by atoms with Crippen LogP contribution >= 0.6 is 23.2 Å². The normalized spacial score (nSPS) is 12.1. The van der Waals surface area contributed by atoms with Gasteiger partial charge in [-0.25, -0.2) is 8.42 Å². The summed E-state index contributed by atoms with van der Waals surface area (Å²) < 4.78 is 28.6. The minimum Gasteiger partial charge on any atom is -0.357 e. The summed E-state index contributed by atoms with van der Waals surface area (Å²) >= 11 is 12.7. The number of hydrogen-bond acceptors (Lipinski definition) is 4. The summed E-state index contributed by atoms with van der Waals surface area (Å²) in [6, 6.07) is 17.3. The Morgan fingerprint density at radius 3 is 2.03 bits per heavy atom. The number of rotatable bonds is 9. The quantitative estimate of drug-likeness (QED) is 0.399. The number of carbonyl (C=O) groups excluding carboxylic acids is 2. The van der Waals surface area contributed by atoms with Gasteiger partial charge in [0.2, 0.25) is 11.8 Å². The zero-order valence-corrected chi connectivity index (χ0v) is 23.4. The van der Waals surface area contributed by atoms with Gasteiger partial charge < -0.3 is 10.2 Å². The van der Waals surface area contributed by atoms with Crippen LogP contribution in [0.4, 0.5) is 5.69 Å². The molecular formula is C27H29Cl2N3O4S. The van der Waals surface area contributed by atoms with Crippen molar-refractivity contribution in [3.63, 3.8) is 0 Å². The Morgan fingerprint density at radius 2 is 1.49 bits per heavy atom. The van der Waals surface area contributed by atoms with Crippen LogP contribution in [0.25, 0.3) is 0 Å². The number of halogens is 2. The molecule has 7 nitrogen and oxygen atoms in total. The smallest absolute Gasteiger partial charge is 0.264 e. The highest BCUT2D eigenvalue weighted by Crippen LogP contribution is 2.29. The monoisotopic (exact) mass is 561 g/mol. The van der Waals surface area contributed by atoms with Gasteiger partial charge in [-0.15, -0.1) is 0 Å². The van der Waals surface area contributed by atoms with E-state index in [2.05, 4.69) is 5.32 Å². The summed E-state index contributed by atoms with van der Waals surface area (Å²) in [7, 11) is -2.66. The van der Waals surface area contributed by atoms with Crippen molar-refractivity contribution >= 4 is 50.7 Å². The third-order valence-electron chi connectivity index (χ3n) is 5.91. The molecule has 3 rings (SSSR count). The number of anilines is 1. The molecule has 0 fully saturated rings. The lowest BCUT2D eigenvalue weighted by Gasteiger charge is -2.32. The fraction of sp³-hybridized carbons (Fsp3) is 0.259. The van der Waals surface area contributed by atoms with Crippen molar-refractivity contribution < 1.29 is 18.0 Å². The number of nitrogens with zero attached hydrogens (tertiary/aromatic N) is 2. The highest BCUT2D eigenvalue weighted by Gasteiger charge is 2.33. The van der Waals surface area contributed by atoms with E-state index >= 15 is 0 Å². The van der Waals surface area contributed by atoms with Gasteiger partial charge in [0.25, 0.3) is 10.0 Å². The molecule has 3 aromatic rings. The minimum atomic E-state index is -4.12. The third-order valence-corrected chi connectivity index (χ3v) is 8.40. The fourth-order valence-electron chi connectivity index (χ4n) is 3.99. The van der Waals surface area contributed by atoms with Gasteiger partial charge in [0.1, 0.15) is 12.6 Å². The maximum Gasteiger partial charge on any atom is 0.264 e. The molecule has 0 heterocycles.